The van der Waals surface area contributed by atoms with Crippen LogP contribution in [0.1, 0.15) is 0 Å². The van der Waals surface area contributed by atoms with Gasteiger partial charge in [-0.05, 0) is 30.3 Å². The first-order valence-electron chi connectivity index (χ1n) is 5.78. The van der Waals surface area contributed by atoms with Gasteiger partial charge >= 0.3 is 0 Å². The van der Waals surface area contributed by atoms with Gasteiger partial charge in [0.1, 0.15) is 11.6 Å². The molecule has 0 aliphatic carbocycles. The number of carbonyl (C=O) groups is 1. The quantitative estimate of drug-likeness (QED) is 0.672. The molecule has 0 aliphatic rings. The summed E-state index contributed by atoms with van der Waals surface area (Å²) in [6.07, 6.45) is 0. The highest BCUT2D eigenvalue weighted by Gasteiger charge is 2.08. The van der Waals surface area contributed by atoms with E-state index in [1.54, 1.807) is 12.1 Å². The van der Waals surface area contributed by atoms with Gasteiger partial charge in [0.25, 0.3) is 0 Å². The predicted molar refractivity (Wildman–Crippen MR) is 76.6 cm³/mol. The van der Waals surface area contributed by atoms with Crippen molar-refractivity contribution in [1.29, 1.82) is 0 Å². The van der Waals surface area contributed by atoms with Gasteiger partial charge in [0.15, 0.2) is 0 Å². The van der Waals surface area contributed by atoms with Crippen molar-refractivity contribution in [2.24, 2.45) is 0 Å². The summed E-state index contributed by atoms with van der Waals surface area (Å²) < 4.78 is 26.5. The highest BCUT2D eigenvalue weighted by molar-refractivity contribution is 8.00. The van der Waals surface area contributed by atoms with Gasteiger partial charge in [0.05, 0.1) is 17.1 Å². The monoisotopic (exact) mass is 294 g/mol. The maximum absolute atomic E-state index is 13.3. The molecule has 0 aliphatic heterocycles. The molecule has 1 amide bonds. The molecular weight excluding hydrogens is 282 g/mol. The molecule has 0 unspecified atom stereocenters. The van der Waals surface area contributed by atoms with E-state index in [0.29, 0.717) is 4.90 Å². The number of nitrogen functional groups attached to an aromatic ring is 1. The van der Waals surface area contributed by atoms with Gasteiger partial charge in [-0.2, -0.15) is 0 Å². The van der Waals surface area contributed by atoms with E-state index >= 15 is 0 Å². The van der Waals surface area contributed by atoms with Crippen LogP contribution in [0.2, 0.25) is 0 Å². The number of nitrogens with two attached hydrogens (primary N) is 1. The molecule has 2 aromatic rings. The lowest BCUT2D eigenvalue weighted by molar-refractivity contribution is -0.113. The minimum Gasteiger partial charge on any atom is -0.396 e. The first-order chi connectivity index (χ1) is 9.56. The standard InChI is InChI=1S/C14H12F2N2OS/c15-10-3-1-2-4-13(10)18-14(19)8-20-9-5-6-12(17)11(16)7-9/h1-7H,8,17H2,(H,18,19). The molecular formula is C14H12F2N2OS. The van der Waals surface area contributed by atoms with Crippen molar-refractivity contribution in [3.63, 3.8) is 0 Å². The summed E-state index contributed by atoms with van der Waals surface area (Å²) in [5.74, 6) is -1.33. The van der Waals surface area contributed by atoms with E-state index in [1.807, 2.05) is 0 Å². The maximum Gasteiger partial charge on any atom is 0.234 e. The lowest BCUT2D eigenvalue weighted by Crippen LogP contribution is -2.14. The van der Waals surface area contributed by atoms with Crippen LogP contribution in [0.25, 0.3) is 0 Å². The molecule has 6 heteroatoms. The van der Waals surface area contributed by atoms with Crippen LogP contribution >= 0.6 is 11.8 Å². The Morgan fingerprint density at radius 3 is 2.60 bits per heavy atom. The molecule has 3 nitrogen and oxygen atoms in total. The Morgan fingerprint density at radius 1 is 1.15 bits per heavy atom. The molecule has 0 heterocycles. The minimum absolute atomic E-state index is 0.0533. The normalized spacial score (nSPS) is 10.3. The Labute approximate surface area is 119 Å². The summed E-state index contributed by atoms with van der Waals surface area (Å²) in [6.45, 7) is 0. The Hall–Kier alpha value is -2.08. The summed E-state index contributed by atoms with van der Waals surface area (Å²) in [4.78, 5) is 12.3. The number of halogens is 2. The Bertz CT molecular complexity index is 634. The first-order valence-corrected chi connectivity index (χ1v) is 6.77. The zero-order valence-electron chi connectivity index (χ0n) is 10.4. The molecule has 3 N–H and O–H groups in total. The second-order valence-corrected chi connectivity index (χ2v) is 5.05. The van der Waals surface area contributed by atoms with Gasteiger partial charge in [-0.15, -0.1) is 11.8 Å². The van der Waals surface area contributed by atoms with E-state index in [2.05, 4.69) is 5.32 Å². The molecule has 2 rings (SSSR count). The molecule has 2 aromatic carbocycles. The fourth-order valence-corrected chi connectivity index (χ4v) is 2.22. The second-order valence-electron chi connectivity index (χ2n) is 4.00. The Kier molecular flexibility index (Phi) is 4.57. The topological polar surface area (TPSA) is 55.1 Å². The largest absolute Gasteiger partial charge is 0.396 e. The lowest BCUT2D eigenvalue weighted by atomic mass is 10.3. The number of rotatable bonds is 4. The second kappa shape index (κ2) is 6.38. The Balaban J connectivity index is 1.92. The molecule has 20 heavy (non-hydrogen) atoms. The van der Waals surface area contributed by atoms with Crippen molar-refractivity contribution in [3.05, 3.63) is 54.1 Å². The van der Waals surface area contributed by atoms with E-state index in [1.165, 1.54) is 30.3 Å². The third-order valence-corrected chi connectivity index (χ3v) is 3.48. The van der Waals surface area contributed by atoms with Gasteiger partial charge < -0.3 is 11.1 Å². The van der Waals surface area contributed by atoms with Gasteiger partial charge in [0.2, 0.25) is 5.91 Å². The lowest BCUT2D eigenvalue weighted by Gasteiger charge is -2.06. The molecule has 0 aromatic heterocycles. The zero-order valence-corrected chi connectivity index (χ0v) is 11.2. The van der Waals surface area contributed by atoms with Crippen molar-refractivity contribution in [2.45, 2.75) is 4.90 Å². The fraction of sp³-hybridized carbons (Fsp3) is 0.0714. The number of anilines is 2. The SMILES string of the molecule is Nc1ccc(SCC(=O)Nc2ccccc2F)cc1F. The fourth-order valence-electron chi connectivity index (χ4n) is 1.50. The first kappa shape index (κ1) is 14.3. The molecule has 104 valence electrons. The van der Waals surface area contributed by atoms with Crippen LogP contribution in [0.4, 0.5) is 20.2 Å². The summed E-state index contributed by atoms with van der Waals surface area (Å²) >= 11 is 1.15. The number of carbonyl (C=O) groups excluding carboxylic acids is 1. The van der Waals surface area contributed by atoms with Crippen molar-refractivity contribution in [3.8, 4) is 0 Å². The highest BCUT2D eigenvalue weighted by Crippen LogP contribution is 2.22. The number of hydrogen-bond donors (Lipinski definition) is 2. The molecule has 0 fully saturated rings. The summed E-state index contributed by atoms with van der Waals surface area (Å²) in [7, 11) is 0. The van der Waals surface area contributed by atoms with Crippen molar-refractivity contribution in [1.82, 2.24) is 0 Å². The molecule has 0 radical (unpaired) electrons. The average Bonchev–Trinajstić information content (AvgIpc) is 2.43. The van der Waals surface area contributed by atoms with Gasteiger partial charge in [-0.1, -0.05) is 12.1 Å². The van der Waals surface area contributed by atoms with Crippen LogP contribution in [-0.2, 0) is 4.79 Å². The summed E-state index contributed by atoms with van der Waals surface area (Å²) in [5.41, 5.74) is 5.55. The van der Waals surface area contributed by atoms with E-state index in [0.717, 1.165) is 11.8 Å². The summed E-state index contributed by atoms with van der Waals surface area (Å²) in [5, 5.41) is 2.45. The summed E-state index contributed by atoms with van der Waals surface area (Å²) in [6, 6.07) is 10.2. The number of para-hydroxylation sites is 1. The van der Waals surface area contributed by atoms with E-state index < -0.39 is 11.6 Å². The number of nitrogens with one attached hydrogen (secondary N) is 1. The van der Waals surface area contributed by atoms with Crippen LogP contribution in [0.5, 0.6) is 0 Å². The van der Waals surface area contributed by atoms with Gasteiger partial charge in [-0.25, -0.2) is 8.78 Å². The Morgan fingerprint density at radius 2 is 1.90 bits per heavy atom. The third kappa shape index (κ3) is 3.71. The molecule has 0 saturated heterocycles. The maximum atomic E-state index is 13.3. The third-order valence-electron chi connectivity index (χ3n) is 2.49. The highest BCUT2D eigenvalue weighted by atomic mass is 32.2. The molecule has 0 saturated carbocycles. The van der Waals surface area contributed by atoms with E-state index in [9.17, 15) is 13.6 Å². The average molecular weight is 294 g/mol. The van der Waals surface area contributed by atoms with Crippen LogP contribution < -0.4 is 11.1 Å². The van der Waals surface area contributed by atoms with E-state index in [4.69, 9.17) is 5.73 Å². The van der Waals surface area contributed by atoms with Crippen molar-refractivity contribution >= 4 is 29.0 Å². The molecule has 0 bridgehead atoms. The van der Waals surface area contributed by atoms with Crippen LogP contribution in [0.15, 0.2) is 47.4 Å². The van der Waals surface area contributed by atoms with Crippen LogP contribution in [0.3, 0.4) is 0 Å². The van der Waals surface area contributed by atoms with Crippen molar-refractivity contribution < 1.29 is 13.6 Å². The van der Waals surface area contributed by atoms with E-state index in [-0.39, 0.29) is 23.0 Å². The predicted octanol–water partition coefficient (Wildman–Crippen LogP) is 3.28. The number of amides is 1. The molecule has 0 spiro atoms. The van der Waals surface area contributed by atoms with Crippen molar-refractivity contribution in [2.75, 3.05) is 16.8 Å². The minimum atomic E-state index is -0.524. The number of thioether (sulfide) groups is 1. The van der Waals surface area contributed by atoms with Gasteiger partial charge in [0, 0.05) is 4.90 Å². The zero-order chi connectivity index (χ0) is 14.5. The van der Waals surface area contributed by atoms with Crippen LogP contribution in [0, 0.1) is 11.6 Å². The van der Waals surface area contributed by atoms with Gasteiger partial charge in [-0.3, -0.25) is 4.79 Å². The van der Waals surface area contributed by atoms with Crippen LogP contribution in [-0.4, -0.2) is 11.7 Å². The molecule has 0 atom stereocenters. The number of hydrogen-bond acceptors (Lipinski definition) is 3. The number of benzene rings is 2. The smallest absolute Gasteiger partial charge is 0.234 e.